The van der Waals surface area contributed by atoms with Crippen LogP contribution in [0, 0.1) is 0 Å². The zero-order chi connectivity index (χ0) is 44.6. The van der Waals surface area contributed by atoms with Gasteiger partial charge in [0.05, 0.1) is 44.1 Å². The van der Waals surface area contributed by atoms with Crippen molar-refractivity contribution in [1.29, 1.82) is 0 Å². The molecule has 0 aliphatic rings. The Kier molecular flexibility index (Phi) is 7.55. The molecule has 0 radical (unpaired) electrons. The summed E-state index contributed by atoms with van der Waals surface area (Å²) in [6, 6.07) is 75.7. The molecular formula is C60H38N8. The number of hydrogen-bond donors (Lipinski definition) is 0. The van der Waals surface area contributed by atoms with E-state index in [0.717, 1.165) is 89.0 Å². The first-order valence-corrected chi connectivity index (χ1v) is 23.0. The van der Waals surface area contributed by atoms with Crippen LogP contribution in [0.15, 0.2) is 212 Å². The summed E-state index contributed by atoms with van der Waals surface area (Å²) < 4.78 is 11.6. The van der Waals surface area contributed by atoms with Crippen LogP contribution in [0.2, 0.25) is 0 Å². The van der Waals surface area contributed by atoms with Crippen LogP contribution in [0.5, 0.6) is 0 Å². The fraction of sp³-hybridized carbons (Fsp3) is 0.0167. The van der Waals surface area contributed by atoms with E-state index in [2.05, 4.69) is 236 Å². The largest absolute Gasteiger partial charge is 0.309 e. The molecule has 0 N–H and O–H groups in total. The van der Waals surface area contributed by atoms with E-state index in [1.54, 1.807) is 0 Å². The fourth-order valence-corrected chi connectivity index (χ4v) is 11.3. The zero-order valence-electron chi connectivity index (χ0n) is 36.8. The van der Waals surface area contributed by atoms with Crippen molar-refractivity contribution in [3.8, 4) is 34.4 Å². The molecule has 68 heavy (non-hydrogen) atoms. The lowest BCUT2D eigenvalue weighted by Crippen LogP contribution is -2.06. The van der Waals surface area contributed by atoms with Crippen molar-refractivity contribution in [1.82, 2.24) is 37.8 Å². The molecule has 0 amide bonds. The van der Waals surface area contributed by atoms with Crippen LogP contribution < -0.4 is 0 Å². The number of hydrogen-bond acceptors (Lipinski definition) is 3. The highest BCUT2D eigenvalue weighted by Gasteiger charge is 2.27. The Morgan fingerprint density at radius 1 is 0.324 bits per heavy atom. The standard InChI is InChI=1S/C60H38N8/c1-64-59-57(62-60(64)67-49-32-18-14-28-45(49)53-51(67)36-34-42-40-25-11-15-29-46(40)66(55(42)53)39-23-9-4-10-24-39)61-54(37-19-5-2-6-20-37)58(63-59)68-47-30-16-12-26-41(47)43-33-35-50-52(56(43)68)44-27-13-17-31-48(44)65(50)38-21-7-3-8-22-38/h2-36H,1H3. The predicted molar refractivity (Wildman–Crippen MR) is 279 cm³/mol. The van der Waals surface area contributed by atoms with Crippen molar-refractivity contribution in [2.75, 3.05) is 0 Å². The first-order chi connectivity index (χ1) is 33.7. The molecule has 8 nitrogen and oxygen atoms in total. The molecule has 6 aromatic heterocycles. The summed E-state index contributed by atoms with van der Waals surface area (Å²) in [7, 11) is 2.07. The molecule has 0 saturated heterocycles. The second-order valence-electron chi connectivity index (χ2n) is 17.7. The van der Waals surface area contributed by atoms with Crippen LogP contribution in [0.4, 0.5) is 0 Å². The van der Waals surface area contributed by atoms with Crippen LogP contribution >= 0.6 is 0 Å². The van der Waals surface area contributed by atoms with Crippen molar-refractivity contribution in [2.45, 2.75) is 0 Å². The highest BCUT2D eigenvalue weighted by Crippen LogP contribution is 2.45. The molecule has 318 valence electrons. The van der Waals surface area contributed by atoms with E-state index in [1.165, 1.54) is 32.6 Å². The average Bonchev–Trinajstić information content (AvgIpc) is 4.19. The molecule has 0 atom stereocenters. The molecular weight excluding hydrogens is 833 g/mol. The summed E-state index contributed by atoms with van der Waals surface area (Å²) in [6.07, 6.45) is 0. The van der Waals surface area contributed by atoms with Crippen molar-refractivity contribution in [3.63, 3.8) is 0 Å². The number of aromatic nitrogens is 8. The van der Waals surface area contributed by atoms with Gasteiger partial charge in [-0.25, -0.2) is 9.97 Å². The van der Waals surface area contributed by atoms with Crippen LogP contribution in [0.3, 0.4) is 0 Å². The monoisotopic (exact) mass is 870 g/mol. The van der Waals surface area contributed by atoms with E-state index in [9.17, 15) is 0 Å². The second kappa shape index (κ2) is 13.9. The molecule has 9 aromatic carbocycles. The number of fused-ring (bicyclic) bond motifs is 15. The molecule has 0 fully saturated rings. The van der Waals surface area contributed by atoms with Crippen molar-refractivity contribution >= 4 is 98.5 Å². The maximum absolute atomic E-state index is 5.75. The molecule has 0 saturated carbocycles. The van der Waals surface area contributed by atoms with Crippen molar-refractivity contribution < 1.29 is 0 Å². The summed E-state index contributed by atoms with van der Waals surface area (Å²) in [5.41, 5.74) is 14.1. The Hall–Kier alpha value is -9.27. The Labute approximate surface area is 388 Å². The van der Waals surface area contributed by atoms with Crippen molar-refractivity contribution in [3.05, 3.63) is 212 Å². The van der Waals surface area contributed by atoms with Crippen LogP contribution in [-0.4, -0.2) is 37.8 Å². The second-order valence-corrected chi connectivity index (χ2v) is 17.7. The van der Waals surface area contributed by atoms with E-state index in [1.807, 2.05) is 6.07 Å². The smallest absolute Gasteiger partial charge is 0.218 e. The Morgan fingerprint density at radius 3 is 1.35 bits per heavy atom. The van der Waals surface area contributed by atoms with E-state index >= 15 is 0 Å². The molecule has 15 aromatic rings. The first-order valence-electron chi connectivity index (χ1n) is 23.0. The van der Waals surface area contributed by atoms with Gasteiger partial charge in [-0.3, -0.25) is 13.7 Å². The van der Waals surface area contributed by atoms with Gasteiger partial charge in [0.15, 0.2) is 17.1 Å². The highest BCUT2D eigenvalue weighted by molar-refractivity contribution is 6.27. The Morgan fingerprint density at radius 2 is 0.765 bits per heavy atom. The number of rotatable bonds is 5. The van der Waals surface area contributed by atoms with Crippen LogP contribution in [0.25, 0.3) is 133 Å². The summed E-state index contributed by atoms with van der Waals surface area (Å²) in [5, 5.41) is 9.38. The number of para-hydroxylation sites is 6. The lowest BCUT2D eigenvalue weighted by Gasteiger charge is -2.13. The minimum absolute atomic E-state index is 0.571. The molecule has 8 heteroatoms. The van der Waals surface area contributed by atoms with Gasteiger partial charge in [0.2, 0.25) is 5.95 Å². The predicted octanol–water partition coefficient (Wildman–Crippen LogP) is 14.4. The average molecular weight is 871 g/mol. The van der Waals surface area contributed by atoms with Crippen LogP contribution in [0.1, 0.15) is 0 Å². The summed E-state index contributed by atoms with van der Waals surface area (Å²) in [5.74, 6) is 1.48. The first kappa shape index (κ1) is 37.0. The van der Waals surface area contributed by atoms with Crippen LogP contribution in [-0.2, 0) is 7.05 Å². The van der Waals surface area contributed by atoms with E-state index < -0.39 is 0 Å². The van der Waals surface area contributed by atoms with Crippen molar-refractivity contribution in [2.24, 2.45) is 7.05 Å². The van der Waals surface area contributed by atoms with Gasteiger partial charge in [-0.1, -0.05) is 152 Å². The van der Waals surface area contributed by atoms with E-state index in [-0.39, 0.29) is 0 Å². The summed E-state index contributed by atoms with van der Waals surface area (Å²) >= 11 is 0. The minimum atomic E-state index is 0.571. The van der Waals surface area contributed by atoms with Gasteiger partial charge in [0.25, 0.3) is 0 Å². The van der Waals surface area contributed by atoms with Gasteiger partial charge in [-0.2, -0.15) is 4.98 Å². The van der Waals surface area contributed by atoms with E-state index in [0.29, 0.717) is 11.3 Å². The lowest BCUT2D eigenvalue weighted by molar-refractivity contribution is 0.858. The third-order valence-corrected chi connectivity index (χ3v) is 14.1. The topological polar surface area (TPSA) is 63.3 Å². The fourth-order valence-electron chi connectivity index (χ4n) is 11.3. The molecule has 0 spiro atoms. The number of aryl methyl sites for hydroxylation is 1. The molecule has 15 rings (SSSR count). The highest BCUT2D eigenvalue weighted by atomic mass is 15.3. The lowest BCUT2D eigenvalue weighted by atomic mass is 10.1. The van der Waals surface area contributed by atoms with Gasteiger partial charge >= 0.3 is 0 Å². The number of benzene rings is 9. The quantitative estimate of drug-likeness (QED) is 0.173. The van der Waals surface area contributed by atoms with Gasteiger partial charge in [0.1, 0.15) is 5.69 Å². The summed E-state index contributed by atoms with van der Waals surface area (Å²) in [6.45, 7) is 0. The van der Waals surface area contributed by atoms with E-state index in [4.69, 9.17) is 15.0 Å². The van der Waals surface area contributed by atoms with Gasteiger partial charge in [-0.15, -0.1) is 0 Å². The van der Waals surface area contributed by atoms with Gasteiger partial charge in [-0.05, 0) is 60.7 Å². The maximum Gasteiger partial charge on any atom is 0.218 e. The van der Waals surface area contributed by atoms with Gasteiger partial charge in [0, 0.05) is 67.1 Å². The molecule has 0 bridgehead atoms. The molecule has 0 aliphatic heterocycles. The third-order valence-electron chi connectivity index (χ3n) is 14.1. The Bertz CT molecular complexity index is 4550. The molecule has 0 unspecified atom stereocenters. The minimum Gasteiger partial charge on any atom is -0.309 e. The SMILES string of the molecule is Cn1c(-n2c3ccccc3c3c2ccc2c4ccccc4n(-c4ccccc4)c23)nc2nc(-c3ccccc3)c(-n3c4ccccc4c4ccc5c(c6ccccc6n5-c5ccccc5)c43)nc21. The number of imidazole rings is 1. The molecule has 6 heterocycles. The third kappa shape index (κ3) is 4.95. The maximum atomic E-state index is 5.75. The number of nitrogens with zero attached hydrogens (tertiary/aromatic N) is 8. The van der Waals surface area contributed by atoms with Gasteiger partial charge < -0.3 is 9.13 Å². The summed E-state index contributed by atoms with van der Waals surface area (Å²) in [4.78, 5) is 16.8. The molecule has 0 aliphatic carbocycles. The normalized spacial score (nSPS) is 12.2. The Balaban J connectivity index is 1.06. The zero-order valence-corrected chi connectivity index (χ0v) is 36.8.